The van der Waals surface area contributed by atoms with Crippen molar-refractivity contribution < 1.29 is 9.53 Å². The first kappa shape index (κ1) is 19.9. The van der Waals surface area contributed by atoms with E-state index in [0.29, 0.717) is 12.6 Å². The summed E-state index contributed by atoms with van der Waals surface area (Å²) in [5.74, 6) is 0.793. The Morgan fingerprint density at radius 2 is 2.10 bits per heavy atom. The number of ether oxygens (including phenoxy) is 1. The standard InChI is InChI=1S/C22H25BrN4O2/c23-18-4-2-1-3-15(18)7-10-24-22(28)19-6-5-16-14-25-21(13-20(16)27-19)26-17-8-11-29-12-9-17/h1-6,13-14,17,19,27H,7-12H2,(H,24,28)(H,25,26). The van der Waals surface area contributed by atoms with Gasteiger partial charge in [0.2, 0.25) is 5.91 Å². The molecule has 1 saturated heterocycles. The Hall–Kier alpha value is -2.38. The van der Waals surface area contributed by atoms with E-state index in [4.69, 9.17) is 4.74 Å². The van der Waals surface area contributed by atoms with Crippen LogP contribution in [0.1, 0.15) is 24.0 Å². The molecule has 0 aliphatic carbocycles. The number of nitrogens with one attached hydrogen (secondary N) is 3. The quantitative estimate of drug-likeness (QED) is 0.618. The maximum atomic E-state index is 12.6. The molecule has 2 aliphatic rings. The molecule has 0 spiro atoms. The van der Waals surface area contributed by atoms with Crippen LogP contribution in [0.2, 0.25) is 0 Å². The molecule has 1 aromatic heterocycles. The molecule has 6 nitrogen and oxygen atoms in total. The van der Waals surface area contributed by atoms with Gasteiger partial charge in [0, 0.05) is 53.8 Å². The first-order valence-electron chi connectivity index (χ1n) is 9.99. The van der Waals surface area contributed by atoms with E-state index in [2.05, 4.69) is 42.9 Å². The number of pyridine rings is 1. The Balaban J connectivity index is 1.33. The molecule has 1 unspecified atom stereocenters. The lowest BCUT2D eigenvalue weighted by atomic mass is 10.1. The lowest BCUT2D eigenvalue weighted by Gasteiger charge is -2.25. The smallest absolute Gasteiger partial charge is 0.246 e. The largest absolute Gasteiger partial charge is 0.381 e. The van der Waals surface area contributed by atoms with Crippen molar-refractivity contribution in [2.75, 3.05) is 30.4 Å². The van der Waals surface area contributed by atoms with E-state index in [1.807, 2.05) is 42.6 Å². The van der Waals surface area contributed by atoms with Crippen LogP contribution < -0.4 is 16.0 Å². The van der Waals surface area contributed by atoms with Crippen molar-refractivity contribution in [3.05, 3.63) is 58.2 Å². The van der Waals surface area contributed by atoms with Crippen LogP contribution in [0.5, 0.6) is 0 Å². The average Bonchev–Trinajstić information content (AvgIpc) is 2.75. The molecule has 3 N–H and O–H groups in total. The van der Waals surface area contributed by atoms with E-state index in [-0.39, 0.29) is 11.9 Å². The Bertz CT molecular complexity index is 896. The van der Waals surface area contributed by atoms with E-state index in [0.717, 1.165) is 54.0 Å². The van der Waals surface area contributed by atoms with Gasteiger partial charge in [-0.15, -0.1) is 0 Å². The molecule has 4 rings (SSSR count). The molecule has 0 radical (unpaired) electrons. The summed E-state index contributed by atoms with van der Waals surface area (Å²) < 4.78 is 6.47. The minimum absolute atomic E-state index is 0.0327. The molecule has 152 valence electrons. The van der Waals surface area contributed by atoms with Crippen LogP contribution in [0.3, 0.4) is 0 Å². The molecule has 1 atom stereocenters. The van der Waals surface area contributed by atoms with Gasteiger partial charge in [-0.3, -0.25) is 4.79 Å². The zero-order valence-electron chi connectivity index (χ0n) is 16.2. The van der Waals surface area contributed by atoms with E-state index >= 15 is 0 Å². The number of rotatable bonds is 6. The molecule has 1 aromatic carbocycles. The zero-order chi connectivity index (χ0) is 20.1. The summed E-state index contributed by atoms with van der Waals surface area (Å²) in [7, 11) is 0. The summed E-state index contributed by atoms with van der Waals surface area (Å²) >= 11 is 3.55. The van der Waals surface area contributed by atoms with E-state index in [1.165, 1.54) is 5.56 Å². The Morgan fingerprint density at radius 1 is 1.28 bits per heavy atom. The number of hydrogen-bond acceptors (Lipinski definition) is 5. The summed E-state index contributed by atoms with van der Waals surface area (Å²) in [5, 5.41) is 9.81. The molecule has 0 saturated carbocycles. The second-order valence-corrected chi connectivity index (χ2v) is 8.16. The monoisotopic (exact) mass is 456 g/mol. The summed E-state index contributed by atoms with van der Waals surface area (Å²) in [4.78, 5) is 17.1. The maximum absolute atomic E-state index is 12.6. The predicted molar refractivity (Wildman–Crippen MR) is 119 cm³/mol. The van der Waals surface area contributed by atoms with Gasteiger partial charge in [-0.1, -0.05) is 46.3 Å². The van der Waals surface area contributed by atoms with Crippen molar-refractivity contribution in [3.8, 4) is 0 Å². The normalized spacial score (nSPS) is 18.6. The average molecular weight is 457 g/mol. The zero-order valence-corrected chi connectivity index (χ0v) is 17.7. The van der Waals surface area contributed by atoms with Crippen molar-refractivity contribution in [3.63, 3.8) is 0 Å². The number of benzene rings is 1. The van der Waals surface area contributed by atoms with Gasteiger partial charge in [0.15, 0.2) is 0 Å². The fourth-order valence-corrected chi connectivity index (χ4v) is 4.04. The summed E-state index contributed by atoms with van der Waals surface area (Å²) in [6, 6.07) is 10.0. The van der Waals surface area contributed by atoms with Gasteiger partial charge in [0.05, 0.1) is 0 Å². The van der Waals surface area contributed by atoms with Crippen LogP contribution in [0.4, 0.5) is 11.5 Å². The second kappa shape index (κ2) is 9.41. The van der Waals surface area contributed by atoms with Crippen molar-refractivity contribution >= 4 is 39.4 Å². The molecule has 2 aromatic rings. The van der Waals surface area contributed by atoms with Gasteiger partial charge in [0.25, 0.3) is 0 Å². The highest BCUT2D eigenvalue weighted by molar-refractivity contribution is 9.10. The molecule has 1 fully saturated rings. The van der Waals surface area contributed by atoms with Gasteiger partial charge >= 0.3 is 0 Å². The van der Waals surface area contributed by atoms with Crippen LogP contribution in [0.15, 0.2) is 47.1 Å². The van der Waals surface area contributed by atoms with Gasteiger partial charge in [-0.2, -0.15) is 0 Å². The van der Waals surface area contributed by atoms with Crippen LogP contribution in [0, 0.1) is 0 Å². The third-order valence-corrected chi connectivity index (χ3v) is 5.99. The topological polar surface area (TPSA) is 75.3 Å². The number of fused-ring (bicyclic) bond motifs is 1. The lowest BCUT2D eigenvalue weighted by molar-refractivity contribution is -0.120. The van der Waals surface area contributed by atoms with Gasteiger partial charge in [-0.25, -0.2) is 4.98 Å². The van der Waals surface area contributed by atoms with Gasteiger partial charge in [-0.05, 0) is 30.9 Å². The molecule has 1 amide bonds. The van der Waals surface area contributed by atoms with E-state index in [9.17, 15) is 4.79 Å². The Kier molecular flexibility index (Phi) is 6.46. The third-order valence-electron chi connectivity index (χ3n) is 5.22. The summed E-state index contributed by atoms with van der Waals surface area (Å²) in [6.07, 6.45) is 8.41. The number of carbonyl (C=O) groups is 1. The molecule has 0 bridgehead atoms. The van der Waals surface area contributed by atoms with Crippen LogP contribution >= 0.6 is 15.9 Å². The van der Waals surface area contributed by atoms with Crippen molar-refractivity contribution in [2.45, 2.75) is 31.3 Å². The Labute approximate surface area is 179 Å². The number of hydrogen-bond donors (Lipinski definition) is 3. The molecule has 2 aliphatic heterocycles. The fourth-order valence-electron chi connectivity index (χ4n) is 3.55. The number of halogens is 1. The van der Waals surface area contributed by atoms with Crippen LogP contribution in [-0.2, 0) is 16.0 Å². The molecular weight excluding hydrogens is 432 g/mol. The molecule has 29 heavy (non-hydrogen) atoms. The van der Waals surface area contributed by atoms with Crippen LogP contribution in [-0.4, -0.2) is 42.7 Å². The first-order valence-corrected chi connectivity index (χ1v) is 10.8. The van der Waals surface area contributed by atoms with Crippen molar-refractivity contribution in [1.82, 2.24) is 10.3 Å². The molecule has 7 heteroatoms. The van der Waals surface area contributed by atoms with Crippen molar-refractivity contribution in [1.29, 1.82) is 0 Å². The van der Waals surface area contributed by atoms with Gasteiger partial charge in [0.1, 0.15) is 11.9 Å². The first-order chi connectivity index (χ1) is 14.2. The fraction of sp³-hybridized carbons (Fsp3) is 0.364. The predicted octanol–water partition coefficient (Wildman–Crippen LogP) is 3.60. The number of amides is 1. The van der Waals surface area contributed by atoms with E-state index < -0.39 is 0 Å². The lowest BCUT2D eigenvalue weighted by Crippen LogP contribution is -2.40. The number of aromatic nitrogens is 1. The molecule has 3 heterocycles. The van der Waals surface area contributed by atoms with Crippen molar-refractivity contribution in [2.24, 2.45) is 0 Å². The third kappa shape index (κ3) is 5.16. The second-order valence-electron chi connectivity index (χ2n) is 7.30. The SMILES string of the molecule is O=C(NCCc1ccccc1Br)C1C=Cc2cnc(NC3CCOCC3)cc2N1. The molecular formula is C22H25BrN4O2. The highest BCUT2D eigenvalue weighted by atomic mass is 79.9. The minimum atomic E-state index is -0.389. The summed E-state index contributed by atoms with van der Waals surface area (Å²) in [5.41, 5.74) is 3.09. The highest BCUT2D eigenvalue weighted by Crippen LogP contribution is 2.26. The Morgan fingerprint density at radius 3 is 2.93 bits per heavy atom. The number of carbonyl (C=O) groups excluding carboxylic acids is 1. The summed E-state index contributed by atoms with van der Waals surface area (Å²) in [6.45, 7) is 2.16. The maximum Gasteiger partial charge on any atom is 0.246 e. The van der Waals surface area contributed by atoms with Gasteiger partial charge < -0.3 is 20.7 Å². The number of nitrogens with zero attached hydrogens (tertiary/aromatic N) is 1. The van der Waals surface area contributed by atoms with Crippen LogP contribution in [0.25, 0.3) is 6.08 Å². The van der Waals surface area contributed by atoms with E-state index in [1.54, 1.807) is 0 Å². The number of anilines is 2. The minimum Gasteiger partial charge on any atom is -0.381 e. The highest BCUT2D eigenvalue weighted by Gasteiger charge is 2.21.